The summed E-state index contributed by atoms with van der Waals surface area (Å²) in [6.07, 6.45) is 0.614. The molecule has 0 fully saturated rings. The van der Waals surface area contributed by atoms with E-state index in [1.54, 1.807) is 30.3 Å². The summed E-state index contributed by atoms with van der Waals surface area (Å²) in [4.78, 5) is 36.0. The predicted molar refractivity (Wildman–Crippen MR) is 138 cm³/mol. The van der Waals surface area contributed by atoms with Crippen molar-refractivity contribution in [3.8, 4) is 5.75 Å². The van der Waals surface area contributed by atoms with Crippen LogP contribution in [0, 0.1) is 0 Å². The first-order chi connectivity index (χ1) is 17.9. The molecule has 8 nitrogen and oxygen atoms in total. The van der Waals surface area contributed by atoms with E-state index in [0.29, 0.717) is 24.2 Å². The fourth-order valence-electron chi connectivity index (χ4n) is 3.42. The maximum Gasteiger partial charge on any atom is 0.266 e. The molecule has 186 valence electrons. The van der Waals surface area contributed by atoms with Crippen LogP contribution in [0.5, 0.6) is 5.75 Å². The minimum Gasteiger partial charge on any atom is -0.489 e. The number of rotatable bonds is 9. The standard InChI is InChI=1S/C28H22N2O6S/c31-18-20-13-15-22(16-14-20)28(33)30-37(34,35)26-12-5-4-11-25(26)29-27(32)23-9-6-10-24(17-23)36-19-21-7-2-1-3-8-21/h1-18H,19H2,(H,29,32)(H,30,33). The van der Waals surface area contributed by atoms with Gasteiger partial charge >= 0.3 is 0 Å². The molecule has 2 N–H and O–H groups in total. The highest BCUT2D eigenvalue weighted by Gasteiger charge is 2.23. The Hall–Kier alpha value is -4.76. The van der Waals surface area contributed by atoms with Crippen molar-refractivity contribution >= 4 is 33.8 Å². The highest BCUT2D eigenvalue weighted by atomic mass is 32.2. The van der Waals surface area contributed by atoms with Crippen molar-refractivity contribution in [3.05, 3.63) is 125 Å². The first-order valence-corrected chi connectivity index (χ1v) is 12.6. The van der Waals surface area contributed by atoms with Gasteiger partial charge in [0.1, 0.15) is 23.5 Å². The van der Waals surface area contributed by atoms with Crippen LogP contribution in [-0.2, 0) is 16.6 Å². The molecule has 4 rings (SSSR count). The average molecular weight is 515 g/mol. The summed E-state index contributed by atoms with van der Waals surface area (Å²) in [5, 5.41) is 2.60. The lowest BCUT2D eigenvalue weighted by atomic mass is 10.1. The van der Waals surface area contributed by atoms with Gasteiger partial charge in [-0.3, -0.25) is 14.4 Å². The van der Waals surface area contributed by atoms with Crippen LogP contribution in [0.2, 0.25) is 0 Å². The number of amides is 2. The number of carbonyl (C=O) groups excluding carboxylic acids is 3. The van der Waals surface area contributed by atoms with Gasteiger partial charge in [0, 0.05) is 16.7 Å². The molecule has 0 radical (unpaired) electrons. The van der Waals surface area contributed by atoms with Crippen molar-refractivity contribution < 1.29 is 27.5 Å². The monoisotopic (exact) mass is 514 g/mol. The summed E-state index contributed by atoms with van der Waals surface area (Å²) in [5.41, 5.74) is 1.64. The number of hydrogen-bond donors (Lipinski definition) is 2. The van der Waals surface area contributed by atoms with E-state index in [-0.39, 0.29) is 21.7 Å². The van der Waals surface area contributed by atoms with Crippen LogP contribution in [0.25, 0.3) is 0 Å². The van der Waals surface area contributed by atoms with Crippen LogP contribution in [-0.4, -0.2) is 26.5 Å². The lowest BCUT2D eigenvalue weighted by Crippen LogP contribution is -2.31. The minimum atomic E-state index is -4.34. The smallest absolute Gasteiger partial charge is 0.266 e. The molecule has 2 amide bonds. The molecule has 0 aliphatic heterocycles. The Bertz CT molecular complexity index is 1530. The zero-order chi connectivity index (χ0) is 26.3. The Morgan fingerprint density at radius 1 is 0.757 bits per heavy atom. The van der Waals surface area contributed by atoms with Gasteiger partial charge in [0.05, 0.1) is 5.69 Å². The maximum atomic E-state index is 13.0. The largest absolute Gasteiger partial charge is 0.489 e. The van der Waals surface area contributed by atoms with Gasteiger partial charge in [0.25, 0.3) is 21.8 Å². The number of para-hydroxylation sites is 1. The molecule has 0 spiro atoms. The van der Waals surface area contributed by atoms with E-state index in [1.807, 2.05) is 35.1 Å². The SMILES string of the molecule is O=Cc1ccc(C(=O)NS(=O)(=O)c2ccccc2NC(=O)c2cccc(OCc3ccccc3)c2)cc1. The number of sulfonamides is 1. The van der Waals surface area contributed by atoms with Crippen LogP contribution in [0.15, 0.2) is 108 Å². The van der Waals surface area contributed by atoms with Gasteiger partial charge < -0.3 is 10.1 Å². The summed E-state index contributed by atoms with van der Waals surface area (Å²) in [7, 11) is -4.34. The van der Waals surface area contributed by atoms with Crippen molar-refractivity contribution in [1.82, 2.24) is 4.72 Å². The number of carbonyl (C=O) groups is 3. The molecule has 37 heavy (non-hydrogen) atoms. The van der Waals surface area contributed by atoms with Gasteiger partial charge in [-0.05, 0) is 48.0 Å². The average Bonchev–Trinajstić information content (AvgIpc) is 2.92. The molecule has 0 saturated heterocycles. The molecule has 0 bridgehead atoms. The molecule has 0 unspecified atom stereocenters. The number of aldehydes is 1. The number of anilines is 1. The van der Waals surface area contributed by atoms with E-state index in [0.717, 1.165) is 5.56 Å². The fraction of sp³-hybridized carbons (Fsp3) is 0.0357. The summed E-state index contributed by atoms with van der Waals surface area (Å²) in [6.45, 7) is 0.324. The van der Waals surface area contributed by atoms with E-state index >= 15 is 0 Å². The van der Waals surface area contributed by atoms with Crippen LogP contribution < -0.4 is 14.8 Å². The lowest BCUT2D eigenvalue weighted by Gasteiger charge is -2.13. The third-order valence-corrected chi connectivity index (χ3v) is 6.69. The highest BCUT2D eigenvalue weighted by Crippen LogP contribution is 2.23. The summed E-state index contributed by atoms with van der Waals surface area (Å²) in [5.74, 6) is -0.948. The van der Waals surface area contributed by atoms with E-state index < -0.39 is 21.8 Å². The quantitative estimate of drug-likeness (QED) is 0.319. The second-order valence-electron chi connectivity index (χ2n) is 7.93. The molecule has 0 saturated carbocycles. The topological polar surface area (TPSA) is 119 Å². The van der Waals surface area contributed by atoms with Crippen molar-refractivity contribution in [2.45, 2.75) is 11.5 Å². The van der Waals surface area contributed by atoms with Crippen molar-refractivity contribution in [2.75, 3.05) is 5.32 Å². The first-order valence-electron chi connectivity index (χ1n) is 11.2. The predicted octanol–water partition coefficient (Wildman–Crippen LogP) is 4.45. The Morgan fingerprint density at radius 2 is 1.46 bits per heavy atom. The van der Waals surface area contributed by atoms with Gasteiger partial charge in [-0.1, -0.05) is 60.7 Å². The number of hydrogen-bond acceptors (Lipinski definition) is 6. The Labute approximate surface area is 214 Å². The third kappa shape index (κ3) is 6.47. The van der Waals surface area contributed by atoms with Gasteiger partial charge in [0.2, 0.25) is 0 Å². The van der Waals surface area contributed by atoms with Gasteiger partial charge in [0.15, 0.2) is 0 Å². The highest BCUT2D eigenvalue weighted by molar-refractivity contribution is 7.90. The van der Waals surface area contributed by atoms with Crippen LogP contribution in [0.3, 0.4) is 0 Å². The number of nitrogens with one attached hydrogen (secondary N) is 2. The van der Waals surface area contributed by atoms with Crippen molar-refractivity contribution in [3.63, 3.8) is 0 Å². The lowest BCUT2D eigenvalue weighted by molar-refractivity contribution is 0.0979. The molecule has 9 heteroatoms. The van der Waals surface area contributed by atoms with Crippen LogP contribution >= 0.6 is 0 Å². The maximum absolute atomic E-state index is 13.0. The van der Waals surface area contributed by atoms with Gasteiger partial charge in [-0.2, -0.15) is 0 Å². The number of benzene rings is 4. The first kappa shape index (κ1) is 25.3. The van der Waals surface area contributed by atoms with E-state index in [4.69, 9.17) is 4.74 Å². The van der Waals surface area contributed by atoms with E-state index in [1.165, 1.54) is 42.5 Å². The summed E-state index contributed by atoms with van der Waals surface area (Å²) >= 11 is 0. The third-order valence-electron chi connectivity index (χ3n) is 5.31. The van der Waals surface area contributed by atoms with Crippen molar-refractivity contribution in [2.24, 2.45) is 0 Å². The Morgan fingerprint density at radius 3 is 2.19 bits per heavy atom. The molecule has 0 atom stereocenters. The van der Waals surface area contributed by atoms with Crippen LogP contribution in [0.4, 0.5) is 5.69 Å². The second-order valence-corrected chi connectivity index (χ2v) is 9.58. The fourth-order valence-corrected chi connectivity index (χ4v) is 4.55. The Kier molecular flexibility index (Phi) is 7.75. The summed E-state index contributed by atoms with van der Waals surface area (Å²) < 4.78 is 33.7. The van der Waals surface area contributed by atoms with Crippen molar-refractivity contribution in [1.29, 1.82) is 0 Å². The second kappa shape index (κ2) is 11.3. The molecule has 0 heterocycles. The minimum absolute atomic E-state index is 0.000269. The van der Waals surface area contributed by atoms with E-state index in [2.05, 4.69) is 5.32 Å². The zero-order valence-electron chi connectivity index (χ0n) is 19.5. The van der Waals surface area contributed by atoms with Gasteiger partial charge in [-0.25, -0.2) is 13.1 Å². The number of ether oxygens (including phenoxy) is 1. The molecular formula is C28H22N2O6S. The van der Waals surface area contributed by atoms with E-state index in [9.17, 15) is 22.8 Å². The normalized spacial score (nSPS) is 10.8. The molecular weight excluding hydrogens is 492 g/mol. The molecule has 4 aromatic carbocycles. The molecule has 0 aliphatic rings. The molecule has 4 aromatic rings. The summed E-state index contributed by atoms with van der Waals surface area (Å²) in [6, 6.07) is 27.3. The molecule has 0 aliphatic carbocycles. The zero-order valence-corrected chi connectivity index (χ0v) is 20.3. The Balaban J connectivity index is 1.48. The van der Waals surface area contributed by atoms with Crippen LogP contribution in [0.1, 0.15) is 36.6 Å². The van der Waals surface area contributed by atoms with Gasteiger partial charge in [-0.15, -0.1) is 0 Å². The molecule has 0 aromatic heterocycles.